The van der Waals surface area contributed by atoms with Gasteiger partial charge in [0, 0.05) is 43.2 Å². The van der Waals surface area contributed by atoms with E-state index in [1.54, 1.807) is 0 Å². The molecule has 6 heteroatoms. The number of rotatable bonds is 5. The second kappa shape index (κ2) is 12.5. The molecule has 0 aliphatic rings. The Kier molecular flexibility index (Phi) is 9.59. The van der Waals surface area contributed by atoms with Crippen LogP contribution < -0.4 is 0 Å². The maximum Gasteiger partial charge on any atom is 0.155 e. The molecule has 38 heavy (non-hydrogen) atoms. The number of furan rings is 1. The van der Waals surface area contributed by atoms with Gasteiger partial charge in [-0.15, -0.1) is 17.7 Å². The van der Waals surface area contributed by atoms with Crippen molar-refractivity contribution in [3.05, 3.63) is 83.3 Å². The van der Waals surface area contributed by atoms with Crippen LogP contribution in [0.4, 0.5) is 0 Å². The second-order valence-electron chi connectivity index (χ2n) is 9.56. The Labute approximate surface area is 237 Å². The van der Waals surface area contributed by atoms with Crippen molar-refractivity contribution in [2.24, 2.45) is 5.92 Å². The third kappa shape index (κ3) is 6.37. The van der Waals surface area contributed by atoms with Gasteiger partial charge in [-0.25, -0.2) is 4.98 Å². The number of aliphatic hydroxyl groups is 1. The van der Waals surface area contributed by atoms with Crippen molar-refractivity contribution in [3.63, 3.8) is 0 Å². The average molecular weight is 686 g/mol. The molecular weight excluding hydrogens is 653 g/mol. The summed E-state index contributed by atoms with van der Waals surface area (Å²) in [5.41, 5.74) is 7.57. The number of carbonyl (C=O) groups excluding carboxylic acids is 1. The molecule has 2 aromatic carbocycles. The van der Waals surface area contributed by atoms with Crippen LogP contribution in [0.25, 0.3) is 44.2 Å². The smallest absolute Gasteiger partial charge is 0.155 e. The number of hydrogen-bond donors (Lipinski definition) is 1. The minimum Gasteiger partial charge on any atom is -0.512 e. The van der Waals surface area contributed by atoms with Crippen LogP contribution in [0.3, 0.4) is 0 Å². The van der Waals surface area contributed by atoms with Crippen LogP contribution in [0.5, 0.6) is 0 Å². The summed E-state index contributed by atoms with van der Waals surface area (Å²) in [6.45, 7) is 11.6. The van der Waals surface area contributed by atoms with Crippen molar-refractivity contribution in [1.29, 1.82) is 0 Å². The first-order valence-electron chi connectivity index (χ1n) is 12.7. The Morgan fingerprint density at radius 2 is 1.71 bits per heavy atom. The van der Waals surface area contributed by atoms with Gasteiger partial charge < -0.3 is 9.52 Å². The van der Waals surface area contributed by atoms with Crippen molar-refractivity contribution in [2.75, 3.05) is 0 Å². The largest absolute Gasteiger partial charge is 0.512 e. The summed E-state index contributed by atoms with van der Waals surface area (Å²) in [5, 5.41) is 12.6. The van der Waals surface area contributed by atoms with Crippen molar-refractivity contribution in [2.45, 2.75) is 54.4 Å². The van der Waals surface area contributed by atoms with E-state index in [4.69, 9.17) is 9.40 Å². The average Bonchev–Trinajstić information content (AvgIpc) is 3.22. The Balaban J connectivity index is 0.000000287. The minimum atomic E-state index is -0.0885. The molecule has 199 valence electrons. The summed E-state index contributed by atoms with van der Waals surface area (Å²) in [4.78, 5) is 19.8. The van der Waals surface area contributed by atoms with Gasteiger partial charge in [0.15, 0.2) is 11.4 Å². The molecule has 3 heterocycles. The minimum absolute atomic E-state index is 0. The molecule has 5 rings (SSSR count). The first-order chi connectivity index (χ1) is 17.7. The predicted molar refractivity (Wildman–Crippen MR) is 151 cm³/mol. The molecule has 0 saturated heterocycles. The van der Waals surface area contributed by atoms with E-state index in [-0.39, 0.29) is 37.6 Å². The van der Waals surface area contributed by atoms with Crippen molar-refractivity contribution < 1.29 is 34.4 Å². The maximum atomic E-state index is 10.6. The molecule has 0 bridgehead atoms. The first kappa shape index (κ1) is 29.2. The van der Waals surface area contributed by atoms with Crippen LogP contribution in [0.15, 0.2) is 64.8 Å². The number of ketones is 1. The molecule has 1 N–H and O–H groups in total. The summed E-state index contributed by atoms with van der Waals surface area (Å²) in [6.07, 6.45) is 3.07. The Morgan fingerprint density at radius 1 is 1.00 bits per heavy atom. The zero-order valence-electron chi connectivity index (χ0n) is 22.7. The molecule has 0 aliphatic heterocycles. The van der Waals surface area contributed by atoms with E-state index in [9.17, 15) is 9.90 Å². The van der Waals surface area contributed by atoms with Crippen LogP contribution in [0, 0.1) is 32.8 Å². The monoisotopic (exact) mass is 686 g/mol. The third-order valence-corrected chi connectivity index (χ3v) is 6.55. The van der Waals surface area contributed by atoms with Crippen LogP contribution in [0.1, 0.15) is 50.4 Å². The van der Waals surface area contributed by atoms with E-state index in [1.807, 2.05) is 45.0 Å². The quantitative estimate of drug-likeness (QED) is 0.114. The molecule has 5 aromatic rings. The zero-order chi connectivity index (χ0) is 26.7. The molecule has 0 atom stereocenters. The number of aliphatic hydroxyl groups excluding tert-OH is 1. The number of benzene rings is 2. The molecule has 3 aromatic heterocycles. The number of fused-ring (bicyclic) bond motifs is 4. The van der Waals surface area contributed by atoms with Crippen LogP contribution in [-0.2, 0) is 24.9 Å². The molecule has 0 amide bonds. The Bertz CT molecular complexity index is 1630. The van der Waals surface area contributed by atoms with Gasteiger partial charge in [0.25, 0.3) is 0 Å². The molecule has 0 aliphatic carbocycles. The molecule has 5 nitrogen and oxygen atoms in total. The van der Waals surface area contributed by atoms with Crippen molar-refractivity contribution in [1.82, 2.24) is 9.97 Å². The molecule has 0 saturated carbocycles. The van der Waals surface area contributed by atoms with Gasteiger partial charge in [0.1, 0.15) is 5.58 Å². The second-order valence-corrected chi connectivity index (χ2v) is 9.56. The standard InChI is InChI=1S/C23H17N2O.C9H16O2.Ir/c1-13-10-14(2)22-19(11-13)18-8-6-17(12-21(18)26-22)20-9-7-16-5-4-15(3)24-23(16)25-20;1-4-8(5-2)9(11)6-7(3)10;/h4-11H,1-3H3;6,8,11H,4-5H2,1-3H3;/q-1;;/b;9-6-;. The zero-order valence-corrected chi connectivity index (χ0v) is 25.1. The van der Waals surface area contributed by atoms with Gasteiger partial charge in [0.05, 0.1) is 11.3 Å². The van der Waals surface area contributed by atoms with E-state index in [1.165, 1.54) is 18.6 Å². The molecular formula is C32H33IrN2O3-. The number of aryl methyl sites for hydroxylation is 3. The number of hydrogen-bond acceptors (Lipinski definition) is 5. The SMILES string of the molecule is CCC(CC)/C(O)=C/C(C)=O.Cc1cc(C)c2oc3[c-]c(-c4ccc5ccc(C)nc5n4)ccc3c2c1.[Ir]. The van der Waals surface area contributed by atoms with Crippen molar-refractivity contribution >= 4 is 38.8 Å². The van der Waals surface area contributed by atoms with Crippen LogP contribution in [-0.4, -0.2) is 20.9 Å². The van der Waals surface area contributed by atoms with E-state index >= 15 is 0 Å². The van der Waals surface area contributed by atoms with Crippen LogP contribution >= 0.6 is 0 Å². The third-order valence-electron chi connectivity index (χ3n) is 6.55. The summed E-state index contributed by atoms with van der Waals surface area (Å²) >= 11 is 0. The first-order valence-corrected chi connectivity index (χ1v) is 12.7. The number of allylic oxidation sites excluding steroid dienone is 2. The maximum absolute atomic E-state index is 10.6. The van der Waals surface area contributed by atoms with E-state index in [0.717, 1.165) is 68.3 Å². The summed E-state index contributed by atoms with van der Waals surface area (Å²) < 4.78 is 6.11. The van der Waals surface area contributed by atoms with E-state index in [2.05, 4.69) is 49.2 Å². The molecule has 0 unspecified atom stereocenters. The number of aromatic nitrogens is 2. The number of carbonyl (C=O) groups is 1. The fourth-order valence-electron chi connectivity index (χ4n) is 4.58. The molecule has 1 radical (unpaired) electrons. The van der Waals surface area contributed by atoms with Crippen molar-refractivity contribution in [3.8, 4) is 11.3 Å². The van der Waals surface area contributed by atoms with Gasteiger partial charge in [-0.05, 0) is 69.3 Å². The van der Waals surface area contributed by atoms with E-state index in [0.29, 0.717) is 0 Å². The normalized spacial score (nSPS) is 11.5. The van der Waals surface area contributed by atoms with Gasteiger partial charge in [-0.2, -0.15) is 0 Å². The fourth-order valence-corrected chi connectivity index (χ4v) is 4.58. The van der Waals surface area contributed by atoms with Gasteiger partial charge in [0.2, 0.25) is 0 Å². The van der Waals surface area contributed by atoms with Gasteiger partial charge in [-0.3, -0.25) is 9.78 Å². The molecule has 0 spiro atoms. The summed E-state index contributed by atoms with van der Waals surface area (Å²) in [7, 11) is 0. The van der Waals surface area contributed by atoms with Crippen LogP contribution in [0.2, 0.25) is 0 Å². The topological polar surface area (TPSA) is 76.2 Å². The Hall–Kier alpha value is -3.34. The predicted octanol–water partition coefficient (Wildman–Crippen LogP) is 8.37. The van der Waals surface area contributed by atoms with E-state index < -0.39 is 0 Å². The molecule has 0 fully saturated rings. The fraction of sp³-hybridized carbons (Fsp3) is 0.281. The summed E-state index contributed by atoms with van der Waals surface area (Å²) in [5.74, 6) is 0.288. The summed E-state index contributed by atoms with van der Waals surface area (Å²) in [6, 6.07) is 20.0. The number of pyridine rings is 2. The van der Waals surface area contributed by atoms with Gasteiger partial charge in [-0.1, -0.05) is 55.1 Å². The Morgan fingerprint density at radius 3 is 2.39 bits per heavy atom. The number of nitrogens with zero attached hydrogens (tertiary/aromatic N) is 2. The van der Waals surface area contributed by atoms with Gasteiger partial charge >= 0.3 is 0 Å².